The Hall–Kier alpha value is -3.41. The van der Waals surface area contributed by atoms with Crippen LogP contribution in [0.1, 0.15) is 20.7 Å². The number of carbonyl (C=O) groups excluding carboxylic acids is 2. The van der Waals surface area contributed by atoms with Gasteiger partial charge in [0.15, 0.2) is 12.2 Å². The molecular weight excluding hydrogens is 310 g/mol. The first-order valence-electron chi connectivity index (χ1n) is 7.07. The molecule has 3 rings (SSSR count). The van der Waals surface area contributed by atoms with E-state index in [0.717, 1.165) is 5.56 Å². The van der Waals surface area contributed by atoms with Crippen LogP contribution in [0.4, 0.5) is 0 Å². The molecule has 1 aromatic heterocycles. The van der Waals surface area contributed by atoms with Gasteiger partial charge in [-0.15, -0.1) is 0 Å². The third-order valence-electron chi connectivity index (χ3n) is 3.32. The molecule has 0 aliphatic heterocycles. The zero-order valence-electron chi connectivity index (χ0n) is 12.8. The number of methoxy groups -OCH3 is 1. The van der Waals surface area contributed by atoms with Gasteiger partial charge in [-0.2, -0.15) is 0 Å². The summed E-state index contributed by atoms with van der Waals surface area (Å²) in [6.45, 7) is 0. The molecule has 0 fully saturated rings. The molecule has 2 aromatic carbocycles. The van der Waals surface area contributed by atoms with E-state index in [9.17, 15) is 9.59 Å². The lowest BCUT2D eigenvalue weighted by Crippen LogP contribution is -2.08. The largest absolute Gasteiger partial charge is 0.465 e. The van der Waals surface area contributed by atoms with E-state index in [1.54, 1.807) is 30.5 Å². The molecule has 6 heteroatoms. The highest BCUT2D eigenvalue weighted by atomic mass is 16.5. The van der Waals surface area contributed by atoms with Gasteiger partial charge < -0.3 is 13.9 Å². The lowest BCUT2D eigenvalue weighted by atomic mass is 10.1. The van der Waals surface area contributed by atoms with E-state index >= 15 is 0 Å². The number of aromatic nitrogens is 1. The number of carbonyl (C=O) groups is 2. The Morgan fingerprint density at radius 1 is 0.917 bits per heavy atom. The maximum atomic E-state index is 12.1. The number of benzene rings is 2. The molecule has 0 radical (unpaired) electrons. The van der Waals surface area contributed by atoms with E-state index in [-0.39, 0.29) is 0 Å². The molecule has 0 amide bonds. The molecule has 3 aromatic rings. The maximum Gasteiger partial charge on any atom is 0.343 e. The minimum atomic E-state index is -0.495. The molecule has 6 nitrogen and oxygen atoms in total. The molecule has 0 spiro atoms. The van der Waals surface area contributed by atoms with Gasteiger partial charge in [0.2, 0.25) is 0 Å². The first-order valence-corrected chi connectivity index (χ1v) is 7.07. The van der Waals surface area contributed by atoms with Gasteiger partial charge in [0.05, 0.1) is 24.4 Å². The molecule has 0 aliphatic rings. The van der Waals surface area contributed by atoms with E-state index < -0.39 is 11.9 Å². The first kappa shape index (κ1) is 15.5. The van der Waals surface area contributed by atoms with Crippen molar-refractivity contribution >= 4 is 11.9 Å². The summed E-state index contributed by atoms with van der Waals surface area (Å²) in [4.78, 5) is 27.3. The van der Waals surface area contributed by atoms with Crippen molar-refractivity contribution in [3.63, 3.8) is 0 Å². The van der Waals surface area contributed by atoms with Crippen LogP contribution in [0.25, 0.3) is 11.3 Å². The Labute approximate surface area is 137 Å². The van der Waals surface area contributed by atoms with E-state index in [2.05, 4.69) is 9.72 Å². The van der Waals surface area contributed by atoms with Crippen LogP contribution in [0.5, 0.6) is 5.75 Å². The second-order valence-electron chi connectivity index (χ2n) is 4.85. The standard InChI is InChI=1S/C18H13NO5/c1-22-17(20)13-6-8-15(9-7-13)24-18(21)14-4-2-12(3-5-14)16-10-19-11-23-16/h2-11H,1H3. The van der Waals surface area contributed by atoms with Gasteiger partial charge in [0.25, 0.3) is 0 Å². The zero-order valence-corrected chi connectivity index (χ0v) is 12.8. The SMILES string of the molecule is COC(=O)c1ccc(OC(=O)c2ccc(-c3cnco3)cc2)cc1. The van der Waals surface area contributed by atoms with Gasteiger partial charge in [0.1, 0.15) is 5.75 Å². The first-order chi connectivity index (χ1) is 11.7. The van der Waals surface area contributed by atoms with Crippen LogP contribution < -0.4 is 4.74 Å². The Morgan fingerprint density at radius 3 is 2.12 bits per heavy atom. The summed E-state index contributed by atoms with van der Waals surface area (Å²) in [6.07, 6.45) is 2.94. The summed E-state index contributed by atoms with van der Waals surface area (Å²) in [5, 5.41) is 0. The Kier molecular flexibility index (Phi) is 4.38. The zero-order chi connectivity index (χ0) is 16.9. The Morgan fingerprint density at radius 2 is 1.54 bits per heavy atom. The third kappa shape index (κ3) is 3.33. The van der Waals surface area contributed by atoms with Crippen LogP contribution in [0.2, 0.25) is 0 Å². The number of oxazole rings is 1. The van der Waals surface area contributed by atoms with Crippen molar-refractivity contribution in [1.82, 2.24) is 4.98 Å². The maximum absolute atomic E-state index is 12.1. The highest BCUT2D eigenvalue weighted by Gasteiger charge is 2.11. The summed E-state index contributed by atoms with van der Waals surface area (Å²) in [7, 11) is 1.30. The summed E-state index contributed by atoms with van der Waals surface area (Å²) in [6, 6.07) is 12.9. The van der Waals surface area contributed by atoms with E-state index in [0.29, 0.717) is 22.6 Å². The van der Waals surface area contributed by atoms with Crippen molar-refractivity contribution in [3.05, 3.63) is 72.2 Å². The normalized spacial score (nSPS) is 10.2. The smallest absolute Gasteiger partial charge is 0.343 e. The fourth-order valence-electron chi connectivity index (χ4n) is 2.07. The minimum absolute atomic E-state index is 0.340. The summed E-state index contributed by atoms with van der Waals surface area (Å²) in [5.74, 6) is 0.0149. The predicted octanol–water partition coefficient (Wildman–Crippen LogP) is 3.35. The highest BCUT2D eigenvalue weighted by molar-refractivity contribution is 5.92. The van der Waals surface area contributed by atoms with Crippen LogP contribution in [0, 0.1) is 0 Å². The van der Waals surface area contributed by atoms with Gasteiger partial charge in [-0.3, -0.25) is 0 Å². The lowest BCUT2D eigenvalue weighted by molar-refractivity contribution is 0.0600. The molecule has 0 aliphatic carbocycles. The number of esters is 2. The number of hydrogen-bond donors (Lipinski definition) is 0. The van der Waals surface area contributed by atoms with Crippen molar-refractivity contribution in [2.24, 2.45) is 0 Å². The summed E-state index contributed by atoms with van der Waals surface area (Å²) >= 11 is 0. The molecule has 1 heterocycles. The highest BCUT2D eigenvalue weighted by Crippen LogP contribution is 2.20. The van der Waals surface area contributed by atoms with Crippen molar-refractivity contribution < 1.29 is 23.5 Å². The fourth-order valence-corrected chi connectivity index (χ4v) is 2.07. The Balaban J connectivity index is 1.69. The number of hydrogen-bond acceptors (Lipinski definition) is 6. The van der Waals surface area contributed by atoms with Crippen LogP contribution in [-0.2, 0) is 4.74 Å². The molecular formula is C18H13NO5. The molecule has 0 saturated carbocycles. The van der Waals surface area contributed by atoms with Crippen LogP contribution >= 0.6 is 0 Å². The molecule has 120 valence electrons. The monoisotopic (exact) mass is 323 g/mol. The molecule has 0 bridgehead atoms. The van der Waals surface area contributed by atoms with Gasteiger partial charge in [-0.25, -0.2) is 14.6 Å². The predicted molar refractivity (Wildman–Crippen MR) is 84.7 cm³/mol. The van der Waals surface area contributed by atoms with Crippen molar-refractivity contribution in [3.8, 4) is 17.1 Å². The van der Waals surface area contributed by atoms with E-state index in [1.807, 2.05) is 0 Å². The minimum Gasteiger partial charge on any atom is -0.465 e. The van der Waals surface area contributed by atoms with Gasteiger partial charge in [-0.05, 0) is 36.4 Å². The van der Waals surface area contributed by atoms with Crippen molar-refractivity contribution in [2.45, 2.75) is 0 Å². The van der Waals surface area contributed by atoms with Gasteiger partial charge in [0, 0.05) is 5.56 Å². The van der Waals surface area contributed by atoms with Gasteiger partial charge >= 0.3 is 11.9 Å². The number of rotatable bonds is 4. The Bertz CT molecular complexity index is 836. The van der Waals surface area contributed by atoms with Crippen LogP contribution in [0.15, 0.2) is 65.5 Å². The molecule has 0 atom stereocenters. The molecule has 0 N–H and O–H groups in total. The molecule has 24 heavy (non-hydrogen) atoms. The quantitative estimate of drug-likeness (QED) is 0.541. The summed E-state index contributed by atoms with van der Waals surface area (Å²) < 4.78 is 15.1. The van der Waals surface area contributed by atoms with Crippen molar-refractivity contribution in [2.75, 3.05) is 7.11 Å². The van der Waals surface area contributed by atoms with E-state index in [1.165, 1.54) is 37.8 Å². The number of nitrogens with zero attached hydrogens (tertiary/aromatic N) is 1. The topological polar surface area (TPSA) is 78.6 Å². The second kappa shape index (κ2) is 6.78. The fraction of sp³-hybridized carbons (Fsp3) is 0.0556. The van der Waals surface area contributed by atoms with E-state index in [4.69, 9.17) is 9.15 Å². The molecule has 0 unspecified atom stereocenters. The second-order valence-corrected chi connectivity index (χ2v) is 4.85. The number of ether oxygens (including phenoxy) is 2. The van der Waals surface area contributed by atoms with Crippen LogP contribution in [0.3, 0.4) is 0 Å². The average molecular weight is 323 g/mol. The third-order valence-corrected chi connectivity index (χ3v) is 3.32. The van der Waals surface area contributed by atoms with Gasteiger partial charge in [-0.1, -0.05) is 12.1 Å². The lowest BCUT2D eigenvalue weighted by Gasteiger charge is -2.06. The van der Waals surface area contributed by atoms with Crippen LogP contribution in [-0.4, -0.2) is 24.0 Å². The summed E-state index contributed by atoms with van der Waals surface area (Å²) in [5.41, 5.74) is 1.59. The van der Waals surface area contributed by atoms with Crippen molar-refractivity contribution in [1.29, 1.82) is 0 Å². The molecule has 0 saturated heterocycles. The average Bonchev–Trinajstić information content (AvgIpc) is 3.16.